The van der Waals surface area contributed by atoms with Crippen LogP contribution in [-0.4, -0.2) is 13.2 Å². The highest BCUT2D eigenvalue weighted by Gasteiger charge is 2.10. The predicted octanol–water partition coefficient (Wildman–Crippen LogP) is 4.86. The van der Waals surface area contributed by atoms with Crippen molar-refractivity contribution in [1.82, 2.24) is 0 Å². The van der Waals surface area contributed by atoms with Crippen molar-refractivity contribution in [3.8, 4) is 17.6 Å². The second-order valence-corrected chi connectivity index (χ2v) is 5.44. The zero-order valence-corrected chi connectivity index (χ0v) is 13.8. The van der Waals surface area contributed by atoms with E-state index >= 15 is 0 Å². The summed E-state index contributed by atoms with van der Waals surface area (Å²) in [5, 5.41) is 9.39. The Morgan fingerprint density at radius 2 is 1.78 bits per heavy atom. The van der Waals surface area contributed by atoms with Crippen molar-refractivity contribution in [2.75, 3.05) is 13.2 Å². The fraction of sp³-hybridized carbons (Fsp3) is 0.350. The summed E-state index contributed by atoms with van der Waals surface area (Å²) >= 11 is 0. The molecule has 3 heteroatoms. The lowest BCUT2D eigenvalue weighted by Crippen LogP contribution is -2.03. The Labute approximate surface area is 138 Å². The number of nitriles is 1. The first kappa shape index (κ1) is 16.9. The number of rotatable bonds is 8. The Hall–Kier alpha value is -2.47. The van der Waals surface area contributed by atoms with Crippen LogP contribution in [0.3, 0.4) is 0 Å². The largest absolute Gasteiger partial charge is 0.494 e. The summed E-state index contributed by atoms with van der Waals surface area (Å²) in [5.41, 5.74) is 2.17. The van der Waals surface area contributed by atoms with Gasteiger partial charge in [0, 0.05) is 0 Å². The van der Waals surface area contributed by atoms with E-state index in [1.165, 1.54) is 0 Å². The van der Waals surface area contributed by atoms with E-state index in [2.05, 4.69) is 6.07 Å². The van der Waals surface area contributed by atoms with Gasteiger partial charge in [0.05, 0.1) is 25.2 Å². The standard InChI is InChI=1S/C20H23NO2/c1-3-22-19-12-10-17(11-13-19)18(15-21)8-6-14-23-20-9-5-4-7-16(20)2/h4-5,7,9-13,18H,3,6,8,14H2,1-2H3. The molecule has 0 heterocycles. The second kappa shape index (κ2) is 8.85. The van der Waals surface area contributed by atoms with Crippen LogP contribution in [0.5, 0.6) is 11.5 Å². The first-order chi connectivity index (χ1) is 11.2. The molecule has 0 saturated carbocycles. The molecule has 0 bridgehead atoms. The highest BCUT2D eigenvalue weighted by atomic mass is 16.5. The van der Waals surface area contributed by atoms with E-state index in [9.17, 15) is 5.26 Å². The van der Waals surface area contributed by atoms with Crippen LogP contribution in [0, 0.1) is 18.3 Å². The Balaban J connectivity index is 1.83. The molecule has 0 aromatic heterocycles. The highest BCUT2D eigenvalue weighted by Crippen LogP contribution is 2.24. The number of hydrogen-bond donors (Lipinski definition) is 0. The van der Waals surface area contributed by atoms with Gasteiger partial charge in [0.1, 0.15) is 11.5 Å². The van der Waals surface area contributed by atoms with Crippen molar-refractivity contribution in [1.29, 1.82) is 5.26 Å². The van der Waals surface area contributed by atoms with Crippen molar-refractivity contribution >= 4 is 0 Å². The Morgan fingerprint density at radius 3 is 2.43 bits per heavy atom. The summed E-state index contributed by atoms with van der Waals surface area (Å²) in [6.45, 7) is 5.27. The molecule has 0 aliphatic rings. The first-order valence-corrected chi connectivity index (χ1v) is 8.05. The molecule has 0 fully saturated rings. The number of hydrogen-bond acceptors (Lipinski definition) is 3. The number of benzene rings is 2. The maximum absolute atomic E-state index is 9.39. The molecule has 0 N–H and O–H groups in total. The van der Waals surface area contributed by atoms with E-state index in [0.29, 0.717) is 13.2 Å². The highest BCUT2D eigenvalue weighted by molar-refractivity contribution is 5.32. The third-order valence-electron chi connectivity index (χ3n) is 3.74. The van der Waals surface area contributed by atoms with Gasteiger partial charge in [-0.15, -0.1) is 0 Å². The van der Waals surface area contributed by atoms with E-state index in [0.717, 1.165) is 35.5 Å². The van der Waals surface area contributed by atoms with Gasteiger partial charge < -0.3 is 9.47 Å². The minimum absolute atomic E-state index is 0.105. The predicted molar refractivity (Wildman–Crippen MR) is 91.9 cm³/mol. The molecule has 2 aromatic carbocycles. The van der Waals surface area contributed by atoms with E-state index in [-0.39, 0.29) is 5.92 Å². The lowest BCUT2D eigenvalue weighted by atomic mass is 9.96. The zero-order valence-electron chi connectivity index (χ0n) is 13.8. The summed E-state index contributed by atoms with van der Waals surface area (Å²) in [6.07, 6.45) is 1.64. The van der Waals surface area contributed by atoms with Gasteiger partial charge in [-0.3, -0.25) is 0 Å². The minimum Gasteiger partial charge on any atom is -0.494 e. The maximum atomic E-state index is 9.39. The lowest BCUT2D eigenvalue weighted by molar-refractivity contribution is 0.303. The van der Waals surface area contributed by atoms with Crippen molar-refractivity contribution < 1.29 is 9.47 Å². The first-order valence-electron chi connectivity index (χ1n) is 8.05. The van der Waals surface area contributed by atoms with Gasteiger partial charge in [-0.25, -0.2) is 0 Å². The average Bonchev–Trinajstić information content (AvgIpc) is 2.58. The van der Waals surface area contributed by atoms with Gasteiger partial charge >= 0.3 is 0 Å². The molecule has 2 aromatic rings. The summed E-state index contributed by atoms with van der Waals surface area (Å²) in [7, 11) is 0. The van der Waals surface area contributed by atoms with Crippen LogP contribution in [0.25, 0.3) is 0 Å². The SMILES string of the molecule is CCOc1ccc(C(C#N)CCCOc2ccccc2C)cc1. The molecule has 120 valence electrons. The normalized spacial score (nSPS) is 11.5. The number of aryl methyl sites for hydroxylation is 1. The molecule has 1 atom stereocenters. The summed E-state index contributed by atoms with van der Waals surface area (Å²) < 4.78 is 11.2. The van der Waals surface area contributed by atoms with Gasteiger partial charge in [-0.1, -0.05) is 30.3 Å². The van der Waals surface area contributed by atoms with Crippen LogP contribution in [0.1, 0.15) is 36.8 Å². The van der Waals surface area contributed by atoms with Crippen LogP contribution >= 0.6 is 0 Å². The molecule has 3 nitrogen and oxygen atoms in total. The van der Waals surface area contributed by atoms with Crippen molar-refractivity contribution in [2.45, 2.75) is 32.6 Å². The fourth-order valence-corrected chi connectivity index (χ4v) is 2.46. The molecular formula is C20H23NO2. The molecule has 2 rings (SSSR count). The maximum Gasteiger partial charge on any atom is 0.122 e. The van der Waals surface area contributed by atoms with Gasteiger partial charge in [0.15, 0.2) is 0 Å². The van der Waals surface area contributed by atoms with Gasteiger partial charge in [-0.2, -0.15) is 5.26 Å². The summed E-state index contributed by atoms with van der Waals surface area (Å²) in [5.74, 6) is 1.66. The smallest absolute Gasteiger partial charge is 0.122 e. The molecule has 0 saturated heterocycles. The molecular weight excluding hydrogens is 286 g/mol. The Morgan fingerprint density at radius 1 is 1.04 bits per heavy atom. The Bertz CT molecular complexity index is 643. The molecule has 1 unspecified atom stereocenters. The molecule has 23 heavy (non-hydrogen) atoms. The third kappa shape index (κ3) is 5.03. The average molecular weight is 309 g/mol. The van der Waals surface area contributed by atoms with Crippen molar-refractivity contribution in [2.24, 2.45) is 0 Å². The quantitative estimate of drug-likeness (QED) is 0.654. The molecule has 0 aliphatic carbocycles. The molecule has 0 amide bonds. The number of ether oxygens (including phenoxy) is 2. The number of nitrogens with zero attached hydrogens (tertiary/aromatic N) is 1. The van der Waals surface area contributed by atoms with Gasteiger partial charge in [-0.05, 0) is 56.0 Å². The van der Waals surface area contributed by atoms with Crippen LogP contribution < -0.4 is 9.47 Å². The van der Waals surface area contributed by atoms with E-state index in [4.69, 9.17) is 9.47 Å². The zero-order chi connectivity index (χ0) is 16.5. The van der Waals surface area contributed by atoms with Crippen LogP contribution in [0.2, 0.25) is 0 Å². The lowest BCUT2D eigenvalue weighted by Gasteiger charge is -2.12. The summed E-state index contributed by atoms with van der Waals surface area (Å²) in [4.78, 5) is 0. The van der Waals surface area contributed by atoms with Crippen molar-refractivity contribution in [3.63, 3.8) is 0 Å². The van der Waals surface area contributed by atoms with Gasteiger partial charge in [0.25, 0.3) is 0 Å². The van der Waals surface area contributed by atoms with Crippen molar-refractivity contribution in [3.05, 3.63) is 59.7 Å². The Kier molecular flexibility index (Phi) is 6.50. The fourth-order valence-electron chi connectivity index (χ4n) is 2.46. The second-order valence-electron chi connectivity index (χ2n) is 5.44. The third-order valence-corrected chi connectivity index (χ3v) is 3.74. The van der Waals surface area contributed by atoms with Gasteiger partial charge in [0.2, 0.25) is 0 Å². The van der Waals surface area contributed by atoms with E-state index < -0.39 is 0 Å². The van der Waals surface area contributed by atoms with E-state index in [1.54, 1.807) is 0 Å². The van der Waals surface area contributed by atoms with Crippen LogP contribution in [-0.2, 0) is 0 Å². The molecule has 0 spiro atoms. The topological polar surface area (TPSA) is 42.2 Å². The minimum atomic E-state index is -0.105. The van der Waals surface area contributed by atoms with Crippen LogP contribution in [0.4, 0.5) is 0 Å². The monoisotopic (exact) mass is 309 g/mol. The molecule has 0 radical (unpaired) electrons. The molecule has 0 aliphatic heterocycles. The van der Waals surface area contributed by atoms with Crippen LogP contribution in [0.15, 0.2) is 48.5 Å². The summed E-state index contributed by atoms with van der Waals surface area (Å²) in [6, 6.07) is 18.2. The number of para-hydroxylation sites is 1. The van der Waals surface area contributed by atoms with E-state index in [1.807, 2.05) is 62.4 Å².